The van der Waals surface area contributed by atoms with Gasteiger partial charge in [0.25, 0.3) is 0 Å². The molecule has 0 radical (unpaired) electrons. The second kappa shape index (κ2) is 8.78. The first-order valence-corrected chi connectivity index (χ1v) is 8.55. The highest BCUT2D eigenvalue weighted by atomic mass is 35.5. The third-order valence-electron chi connectivity index (χ3n) is 4.06. The van der Waals surface area contributed by atoms with E-state index in [1.54, 1.807) is 26.0 Å². The van der Waals surface area contributed by atoms with Crippen LogP contribution < -0.4 is 15.5 Å². The highest BCUT2D eigenvalue weighted by Gasteiger charge is 2.23. The number of nitrogens with zero attached hydrogens (tertiary/aromatic N) is 3. The molecule has 2 rings (SSSR count). The average Bonchev–Trinajstić information content (AvgIpc) is 3.02. The molecular formula is C17H26ClN5O. The standard InChI is InChI=1S/C17H26ClN5O/c1-19-17(20-9-7-16(24)22(2)3)21-14-8-10-23(12-14)15-6-4-5-13(18)11-15/h4-6,11,14H,7-10,12H2,1-3H3,(H2,19,20,21). The van der Waals surface area contributed by atoms with E-state index in [0.717, 1.165) is 36.2 Å². The first-order valence-electron chi connectivity index (χ1n) is 8.17. The van der Waals surface area contributed by atoms with Crippen LogP contribution in [0.2, 0.25) is 5.02 Å². The van der Waals surface area contributed by atoms with Crippen LogP contribution in [0.1, 0.15) is 12.8 Å². The van der Waals surface area contributed by atoms with Gasteiger partial charge in [-0.05, 0) is 24.6 Å². The topological polar surface area (TPSA) is 60.0 Å². The smallest absolute Gasteiger partial charge is 0.223 e. The Morgan fingerprint density at radius 3 is 2.92 bits per heavy atom. The molecule has 1 heterocycles. The second-order valence-electron chi connectivity index (χ2n) is 6.09. The number of guanidine groups is 1. The van der Waals surface area contributed by atoms with Crippen LogP contribution in [-0.2, 0) is 4.79 Å². The number of carbonyl (C=O) groups is 1. The van der Waals surface area contributed by atoms with Crippen molar-refractivity contribution in [3.05, 3.63) is 29.3 Å². The minimum atomic E-state index is 0.103. The number of hydrogen-bond acceptors (Lipinski definition) is 3. The summed E-state index contributed by atoms with van der Waals surface area (Å²) in [6.45, 7) is 2.45. The van der Waals surface area contributed by atoms with Gasteiger partial charge in [-0.15, -0.1) is 0 Å². The van der Waals surface area contributed by atoms with Gasteiger partial charge in [0.05, 0.1) is 0 Å². The van der Waals surface area contributed by atoms with Gasteiger partial charge in [-0.3, -0.25) is 9.79 Å². The highest BCUT2D eigenvalue weighted by molar-refractivity contribution is 6.30. The van der Waals surface area contributed by atoms with Gasteiger partial charge >= 0.3 is 0 Å². The number of aliphatic imine (C=N–C) groups is 1. The Labute approximate surface area is 148 Å². The molecule has 7 heteroatoms. The molecular weight excluding hydrogens is 326 g/mol. The Hall–Kier alpha value is -1.95. The molecule has 132 valence electrons. The molecule has 1 saturated heterocycles. The Balaban J connectivity index is 1.79. The largest absolute Gasteiger partial charge is 0.369 e. The van der Waals surface area contributed by atoms with Crippen molar-refractivity contribution in [1.29, 1.82) is 0 Å². The van der Waals surface area contributed by atoms with E-state index in [2.05, 4.69) is 26.6 Å². The maximum absolute atomic E-state index is 11.6. The first-order chi connectivity index (χ1) is 11.5. The van der Waals surface area contributed by atoms with Crippen molar-refractivity contribution in [2.75, 3.05) is 45.7 Å². The molecule has 1 atom stereocenters. The lowest BCUT2D eigenvalue weighted by Crippen LogP contribution is -2.45. The van der Waals surface area contributed by atoms with Gasteiger partial charge in [-0.2, -0.15) is 0 Å². The summed E-state index contributed by atoms with van der Waals surface area (Å²) in [6.07, 6.45) is 1.48. The van der Waals surface area contributed by atoms with Crippen molar-refractivity contribution >= 4 is 29.2 Å². The monoisotopic (exact) mass is 351 g/mol. The van der Waals surface area contributed by atoms with Crippen LogP contribution in [-0.4, -0.2) is 63.6 Å². The quantitative estimate of drug-likeness (QED) is 0.624. The zero-order chi connectivity index (χ0) is 17.5. The Morgan fingerprint density at radius 2 is 2.25 bits per heavy atom. The normalized spacial score (nSPS) is 17.8. The summed E-state index contributed by atoms with van der Waals surface area (Å²) in [4.78, 5) is 19.7. The van der Waals surface area contributed by atoms with Gasteiger partial charge in [0, 0.05) is 63.9 Å². The van der Waals surface area contributed by atoms with E-state index in [1.807, 2.05) is 18.2 Å². The maximum Gasteiger partial charge on any atom is 0.223 e. The average molecular weight is 352 g/mol. The first kappa shape index (κ1) is 18.4. The third kappa shape index (κ3) is 5.30. The number of anilines is 1. The molecule has 1 aromatic carbocycles. The fourth-order valence-electron chi connectivity index (χ4n) is 2.68. The molecule has 1 fully saturated rings. The van der Waals surface area contributed by atoms with Crippen LogP contribution in [0.4, 0.5) is 5.69 Å². The summed E-state index contributed by atoms with van der Waals surface area (Å²) >= 11 is 6.07. The lowest BCUT2D eigenvalue weighted by molar-refractivity contribution is -0.128. The van der Waals surface area contributed by atoms with Crippen molar-refractivity contribution in [3.8, 4) is 0 Å². The number of benzene rings is 1. The number of halogens is 1. The van der Waals surface area contributed by atoms with Crippen molar-refractivity contribution in [3.63, 3.8) is 0 Å². The summed E-state index contributed by atoms with van der Waals surface area (Å²) in [6, 6.07) is 8.25. The summed E-state index contributed by atoms with van der Waals surface area (Å²) in [5.41, 5.74) is 1.14. The third-order valence-corrected chi connectivity index (χ3v) is 4.29. The van der Waals surface area contributed by atoms with E-state index in [9.17, 15) is 4.79 Å². The SMILES string of the molecule is CN=C(NCCC(=O)N(C)C)NC1CCN(c2cccc(Cl)c2)C1. The van der Waals surface area contributed by atoms with E-state index in [0.29, 0.717) is 19.0 Å². The van der Waals surface area contributed by atoms with Crippen LogP contribution in [0.15, 0.2) is 29.3 Å². The number of nitrogens with one attached hydrogen (secondary N) is 2. The van der Waals surface area contributed by atoms with Gasteiger partial charge in [-0.1, -0.05) is 17.7 Å². The molecule has 0 aromatic heterocycles. The molecule has 1 unspecified atom stereocenters. The van der Waals surface area contributed by atoms with Crippen molar-refractivity contribution in [1.82, 2.24) is 15.5 Å². The summed E-state index contributed by atoms with van der Waals surface area (Å²) in [5.74, 6) is 0.838. The molecule has 2 N–H and O–H groups in total. The van der Waals surface area contributed by atoms with E-state index in [-0.39, 0.29) is 5.91 Å². The van der Waals surface area contributed by atoms with E-state index < -0.39 is 0 Å². The van der Waals surface area contributed by atoms with Crippen LogP contribution in [0.25, 0.3) is 0 Å². The van der Waals surface area contributed by atoms with Crippen molar-refractivity contribution in [2.45, 2.75) is 18.9 Å². The zero-order valence-electron chi connectivity index (χ0n) is 14.6. The minimum Gasteiger partial charge on any atom is -0.369 e. The molecule has 6 nitrogen and oxygen atoms in total. The van der Waals surface area contributed by atoms with E-state index >= 15 is 0 Å². The van der Waals surface area contributed by atoms with Gasteiger partial charge in [0.1, 0.15) is 0 Å². The zero-order valence-corrected chi connectivity index (χ0v) is 15.3. The van der Waals surface area contributed by atoms with Crippen molar-refractivity contribution in [2.24, 2.45) is 4.99 Å². The van der Waals surface area contributed by atoms with Crippen LogP contribution in [0.3, 0.4) is 0 Å². The minimum absolute atomic E-state index is 0.103. The predicted molar refractivity (Wildman–Crippen MR) is 99.9 cm³/mol. The molecule has 24 heavy (non-hydrogen) atoms. The second-order valence-corrected chi connectivity index (χ2v) is 6.53. The Morgan fingerprint density at radius 1 is 1.46 bits per heavy atom. The van der Waals surface area contributed by atoms with E-state index in [4.69, 9.17) is 11.6 Å². The fourth-order valence-corrected chi connectivity index (χ4v) is 2.87. The van der Waals surface area contributed by atoms with Gasteiger partial charge < -0.3 is 20.4 Å². The van der Waals surface area contributed by atoms with Crippen LogP contribution in [0, 0.1) is 0 Å². The molecule has 1 amide bonds. The lowest BCUT2D eigenvalue weighted by Gasteiger charge is -2.20. The molecule has 1 aromatic rings. The Kier molecular flexibility index (Phi) is 6.73. The number of hydrogen-bond donors (Lipinski definition) is 2. The summed E-state index contributed by atoms with van der Waals surface area (Å²) in [5, 5.41) is 7.38. The Bertz CT molecular complexity index is 590. The predicted octanol–water partition coefficient (Wildman–Crippen LogP) is 1.56. The number of amides is 1. The van der Waals surface area contributed by atoms with Crippen molar-refractivity contribution < 1.29 is 4.79 Å². The summed E-state index contributed by atoms with van der Waals surface area (Å²) < 4.78 is 0. The molecule has 0 spiro atoms. The maximum atomic E-state index is 11.6. The summed E-state index contributed by atoms with van der Waals surface area (Å²) in [7, 11) is 5.27. The number of rotatable bonds is 5. The van der Waals surface area contributed by atoms with E-state index in [1.165, 1.54) is 0 Å². The van der Waals surface area contributed by atoms with Gasteiger partial charge in [0.15, 0.2) is 5.96 Å². The van der Waals surface area contributed by atoms with Crippen LogP contribution >= 0.6 is 11.6 Å². The number of carbonyl (C=O) groups excluding carboxylic acids is 1. The van der Waals surface area contributed by atoms with Crippen LogP contribution in [0.5, 0.6) is 0 Å². The molecule has 0 aliphatic carbocycles. The highest BCUT2D eigenvalue weighted by Crippen LogP contribution is 2.23. The van der Waals surface area contributed by atoms with Gasteiger partial charge in [-0.25, -0.2) is 0 Å². The molecule has 0 bridgehead atoms. The molecule has 1 aliphatic heterocycles. The lowest BCUT2D eigenvalue weighted by atomic mass is 10.2. The van der Waals surface area contributed by atoms with Gasteiger partial charge in [0.2, 0.25) is 5.91 Å². The molecule has 0 saturated carbocycles. The fraction of sp³-hybridized carbons (Fsp3) is 0.529. The molecule has 1 aliphatic rings.